The van der Waals surface area contributed by atoms with E-state index in [2.05, 4.69) is 35.8 Å². The second-order valence-electron chi connectivity index (χ2n) is 10.8. The van der Waals surface area contributed by atoms with E-state index in [1.54, 1.807) is 12.0 Å². The van der Waals surface area contributed by atoms with Crippen LogP contribution in [-0.2, 0) is 27.2 Å². The molecule has 2 aliphatic heterocycles. The van der Waals surface area contributed by atoms with Crippen molar-refractivity contribution in [2.45, 2.75) is 57.5 Å². The summed E-state index contributed by atoms with van der Waals surface area (Å²) in [5.41, 5.74) is 12.3. The Kier molecular flexibility index (Phi) is 8.53. The van der Waals surface area contributed by atoms with Crippen molar-refractivity contribution in [3.05, 3.63) is 65.4 Å². The Morgan fingerprint density at radius 1 is 1.15 bits per heavy atom. The molecule has 2 N–H and O–H groups in total. The number of aromatic nitrogens is 1. The zero-order valence-electron chi connectivity index (χ0n) is 23.1. The first kappa shape index (κ1) is 27.2. The van der Waals surface area contributed by atoms with Crippen LogP contribution >= 0.6 is 0 Å². The number of anilines is 1. The minimum Gasteiger partial charge on any atom is -0.447 e. The molecule has 1 aromatic heterocycles. The van der Waals surface area contributed by atoms with Gasteiger partial charge in [-0.3, -0.25) is 9.69 Å². The van der Waals surface area contributed by atoms with Crippen molar-refractivity contribution in [2.24, 2.45) is 5.73 Å². The zero-order chi connectivity index (χ0) is 27.4. The molecule has 2 aliphatic rings. The molecule has 39 heavy (non-hydrogen) atoms. The van der Waals surface area contributed by atoms with Crippen molar-refractivity contribution in [3.8, 4) is 0 Å². The predicted octanol–water partition coefficient (Wildman–Crippen LogP) is 4.61. The lowest BCUT2D eigenvalue weighted by Crippen LogP contribution is -2.42. The van der Waals surface area contributed by atoms with Gasteiger partial charge in [0.25, 0.3) is 0 Å². The number of cyclic esters (lactones) is 1. The van der Waals surface area contributed by atoms with Gasteiger partial charge in [0.05, 0.1) is 6.54 Å². The van der Waals surface area contributed by atoms with Gasteiger partial charge >= 0.3 is 6.09 Å². The molecule has 8 heteroatoms. The number of para-hydroxylation sites is 1. The van der Waals surface area contributed by atoms with Gasteiger partial charge in [-0.25, -0.2) is 4.79 Å². The van der Waals surface area contributed by atoms with Gasteiger partial charge in [0.15, 0.2) is 0 Å². The molecule has 5 rings (SSSR count). The Hall–Kier alpha value is -3.36. The number of likely N-dealkylation sites (tertiary alicyclic amines) is 1. The van der Waals surface area contributed by atoms with Crippen molar-refractivity contribution in [1.82, 2.24) is 9.47 Å². The summed E-state index contributed by atoms with van der Waals surface area (Å²) in [4.78, 5) is 28.8. The maximum absolute atomic E-state index is 13.4. The summed E-state index contributed by atoms with van der Waals surface area (Å²) in [6.45, 7) is 6.35. The number of rotatable bonds is 10. The molecule has 2 amide bonds. The van der Waals surface area contributed by atoms with Crippen LogP contribution in [-0.4, -0.2) is 67.5 Å². The van der Waals surface area contributed by atoms with E-state index in [0.717, 1.165) is 56.8 Å². The molecule has 208 valence electrons. The second-order valence-corrected chi connectivity index (χ2v) is 10.8. The number of carbonyl (C=O) groups is 2. The number of ether oxygens (including phenoxy) is 2. The number of piperidine rings is 1. The zero-order valence-corrected chi connectivity index (χ0v) is 23.1. The Labute approximate surface area is 230 Å². The van der Waals surface area contributed by atoms with E-state index in [1.807, 2.05) is 29.2 Å². The molecule has 3 aromatic rings. The monoisotopic (exact) mass is 532 g/mol. The van der Waals surface area contributed by atoms with Crippen molar-refractivity contribution < 1.29 is 19.1 Å². The lowest BCUT2D eigenvalue weighted by atomic mass is 9.91. The van der Waals surface area contributed by atoms with Crippen LogP contribution in [0, 0.1) is 6.92 Å². The minimum absolute atomic E-state index is 0.128. The average Bonchev–Trinajstić information content (AvgIpc) is 3.50. The largest absolute Gasteiger partial charge is 0.447 e. The number of aryl methyl sites for hydroxylation is 2. The molecule has 3 heterocycles. The molecule has 0 spiro atoms. The maximum Gasteiger partial charge on any atom is 0.414 e. The number of nitrogens with zero attached hydrogens (tertiary/aromatic N) is 3. The minimum atomic E-state index is -0.310. The molecular weight excluding hydrogens is 492 g/mol. The molecule has 8 nitrogen and oxygen atoms in total. The van der Waals surface area contributed by atoms with Gasteiger partial charge in [-0.05, 0) is 61.9 Å². The van der Waals surface area contributed by atoms with Crippen LogP contribution in [0.3, 0.4) is 0 Å². The normalized spacial score (nSPS) is 18.5. The fraction of sp³-hybridized carbons (Fsp3) is 0.484. The third-order valence-electron chi connectivity index (χ3n) is 8.11. The summed E-state index contributed by atoms with van der Waals surface area (Å²) in [6, 6.07) is 16.1. The Bertz CT molecular complexity index is 1300. The highest BCUT2D eigenvalue weighted by Crippen LogP contribution is 2.36. The quantitative estimate of drug-likeness (QED) is 0.385. The van der Waals surface area contributed by atoms with Gasteiger partial charge < -0.3 is 24.7 Å². The molecular formula is C31H40N4O4. The van der Waals surface area contributed by atoms with E-state index < -0.39 is 0 Å². The summed E-state index contributed by atoms with van der Waals surface area (Å²) >= 11 is 0. The molecule has 0 saturated carbocycles. The number of carbonyl (C=O) groups excluding carboxylic acids is 2. The summed E-state index contributed by atoms with van der Waals surface area (Å²) in [5, 5.41) is 1.29. The first-order valence-corrected chi connectivity index (χ1v) is 14.1. The topological polar surface area (TPSA) is 90.0 Å². The van der Waals surface area contributed by atoms with Crippen LogP contribution in [0.1, 0.15) is 48.4 Å². The third kappa shape index (κ3) is 5.97. The lowest BCUT2D eigenvalue weighted by Gasteiger charge is -2.34. The van der Waals surface area contributed by atoms with E-state index in [4.69, 9.17) is 15.2 Å². The van der Waals surface area contributed by atoms with Crippen molar-refractivity contribution in [1.29, 1.82) is 0 Å². The number of amides is 2. The van der Waals surface area contributed by atoms with Gasteiger partial charge in [-0.2, -0.15) is 0 Å². The Morgan fingerprint density at radius 2 is 1.95 bits per heavy atom. The first-order valence-electron chi connectivity index (χ1n) is 14.1. The van der Waals surface area contributed by atoms with Gasteiger partial charge in [0.1, 0.15) is 6.61 Å². The molecule has 2 saturated heterocycles. The number of fused-ring (bicyclic) bond motifs is 1. The van der Waals surface area contributed by atoms with Crippen molar-refractivity contribution in [2.75, 3.05) is 44.9 Å². The molecule has 2 fully saturated rings. The van der Waals surface area contributed by atoms with Crippen LogP contribution < -0.4 is 10.6 Å². The van der Waals surface area contributed by atoms with Crippen LogP contribution in [0.25, 0.3) is 10.9 Å². The fourth-order valence-corrected chi connectivity index (χ4v) is 6.23. The number of benzene rings is 2. The lowest BCUT2D eigenvalue weighted by molar-refractivity contribution is -0.132. The van der Waals surface area contributed by atoms with E-state index in [-0.39, 0.29) is 18.0 Å². The molecule has 2 aromatic carbocycles. The van der Waals surface area contributed by atoms with Gasteiger partial charge in [0.2, 0.25) is 5.91 Å². The van der Waals surface area contributed by atoms with Crippen LogP contribution in [0.2, 0.25) is 0 Å². The highest BCUT2D eigenvalue weighted by molar-refractivity contribution is 5.89. The first-order chi connectivity index (χ1) is 19.0. The van der Waals surface area contributed by atoms with Gasteiger partial charge in [-0.1, -0.05) is 30.3 Å². The SMILES string of the molecule is COCCCn1c(C2CCCN(C(=O)CC(N)Cc3ccc(N4CCOC4=O)cc3)C2)c(C)c2ccccc21. The van der Waals surface area contributed by atoms with Crippen LogP contribution in [0.15, 0.2) is 48.5 Å². The maximum atomic E-state index is 13.4. The standard InChI is InChI=1S/C31H40N4O4/c1-22-27-8-3-4-9-28(27)35(15-6-17-38-2)30(22)24-7-5-14-33(21-24)29(36)20-25(32)19-23-10-12-26(13-11-23)34-16-18-39-31(34)37/h3-4,8-13,24-25H,5-7,14-21,32H2,1-2H3. The summed E-state index contributed by atoms with van der Waals surface area (Å²) in [5.74, 6) is 0.432. The predicted molar refractivity (Wildman–Crippen MR) is 153 cm³/mol. The van der Waals surface area contributed by atoms with E-state index in [0.29, 0.717) is 31.9 Å². The Balaban J connectivity index is 1.23. The third-order valence-corrected chi connectivity index (χ3v) is 8.11. The number of hydrogen-bond donors (Lipinski definition) is 1. The molecule has 2 unspecified atom stereocenters. The van der Waals surface area contributed by atoms with Gasteiger partial charge in [-0.15, -0.1) is 0 Å². The molecule has 2 atom stereocenters. The highest BCUT2D eigenvalue weighted by Gasteiger charge is 2.30. The van der Waals surface area contributed by atoms with Crippen molar-refractivity contribution >= 4 is 28.6 Å². The number of methoxy groups -OCH3 is 1. The van der Waals surface area contributed by atoms with Gasteiger partial charge in [0, 0.05) is 74.0 Å². The van der Waals surface area contributed by atoms with E-state index in [9.17, 15) is 9.59 Å². The summed E-state index contributed by atoms with van der Waals surface area (Å²) in [7, 11) is 1.75. The molecule has 0 radical (unpaired) electrons. The fourth-order valence-electron chi connectivity index (χ4n) is 6.23. The van der Waals surface area contributed by atoms with E-state index in [1.165, 1.54) is 22.2 Å². The Morgan fingerprint density at radius 3 is 2.69 bits per heavy atom. The second kappa shape index (κ2) is 12.2. The van der Waals surface area contributed by atoms with E-state index >= 15 is 0 Å². The highest BCUT2D eigenvalue weighted by atomic mass is 16.6. The number of hydrogen-bond acceptors (Lipinski definition) is 5. The summed E-state index contributed by atoms with van der Waals surface area (Å²) in [6.07, 6.45) is 3.65. The molecule has 0 bridgehead atoms. The number of nitrogens with two attached hydrogens (primary N) is 1. The van der Waals surface area contributed by atoms with Crippen LogP contribution in [0.5, 0.6) is 0 Å². The average molecular weight is 533 g/mol. The molecule has 0 aliphatic carbocycles. The van der Waals surface area contributed by atoms with Crippen LogP contribution in [0.4, 0.5) is 10.5 Å². The summed E-state index contributed by atoms with van der Waals surface area (Å²) < 4.78 is 12.8. The van der Waals surface area contributed by atoms with Crippen molar-refractivity contribution in [3.63, 3.8) is 0 Å². The smallest absolute Gasteiger partial charge is 0.414 e.